The molecule has 6 heteroatoms. The monoisotopic (exact) mass is 292 g/mol. The number of hydrogen-bond acceptors (Lipinski definition) is 5. The first kappa shape index (κ1) is 15.0. The van der Waals surface area contributed by atoms with Crippen LogP contribution in [0.25, 0.3) is 12.2 Å². The fraction of sp³-hybridized carbons (Fsp3) is 0.125. The molecule has 1 heterocycles. The molecule has 0 radical (unpaired) electrons. The Labute approximate surface area is 126 Å². The Kier molecular flexibility index (Phi) is 4.69. The van der Waals surface area contributed by atoms with E-state index in [9.17, 15) is 4.79 Å². The molecule has 0 aliphatic rings. The zero-order chi connectivity index (χ0) is 15.9. The molecule has 0 saturated heterocycles. The Morgan fingerprint density at radius 1 is 1.27 bits per heavy atom. The zero-order valence-electron chi connectivity index (χ0n) is 11.8. The van der Waals surface area contributed by atoms with Crippen molar-refractivity contribution in [3.63, 3.8) is 0 Å². The minimum Gasteiger partial charge on any atom is -0.479 e. The van der Waals surface area contributed by atoms with E-state index in [2.05, 4.69) is 10.2 Å². The highest BCUT2D eigenvalue weighted by molar-refractivity contribution is 5.70. The van der Waals surface area contributed by atoms with Crippen LogP contribution in [0, 0.1) is 29.6 Å². The average molecular weight is 292 g/mol. The molecule has 0 atom stereocenters. The van der Waals surface area contributed by atoms with Crippen LogP contribution in [0.1, 0.15) is 22.4 Å². The highest BCUT2D eigenvalue weighted by Gasteiger charge is 2.07. The van der Waals surface area contributed by atoms with Crippen molar-refractivity contribution >= 4 is 12.2 Å². The normalized spacial score (nSPS) is 10.1. The third-order valence-electron chi connectivity index (χ3n) is 2.99. The number of hydrogen-bond donors (Lipinski definition) is 1. The summed E-state index contributed by atoms with van der Waals surface area (Å²) in [5, 5.41) is 23.6. The highest BCUT2D eigenvalue weighted by atomic mass is 16.5. The Hall–Kier alpha value is -3.38. The quantitative estimate of drug-likeness (QED) is 0.928. The number of rotatable bonds is 4. The minimum atomic E-state index is -0.490. The molecule has 0 saturated carbocycles. The van der Waals surface area contributed by atoms with Crippen LogP contribution in [0.3, 0.4) is 0 Å². The van der Waals surface area contributed by atoms with E-state index in [1.165, 1.54) is 0 Å². The third-order valence-corrected chi connectivity index (χ3v) is 2.99. The van der Waals surface area contributed by atoms with E-state index in [0.29, 0.717) is 17.0 Å². The Morgan fingerprint density at radius 3 is 2.64 bits per heavy atom. The number of nitrogens with one attached hydrogen (secondary N) is 1. The second kappa shape index (κ2) is 6.87. The van der Waals surface area contributed by atoms with Crippen LogP contribution in [0.4, 0.5) is 0 Å². The van der Waals surface area contributed by atoms with Crippen molar-refractivity contribution in [2.45, 2.75) is 6.92 Å². The summed E-state index contributed by atoms with van der Waals surface area (Å²) >= 11 is 0. The topological polar surface area (TPSA) is 103 Å². The smallest absolute Gasteiger partial charge is 0.282 e. The number of aromatic nitrogens is 2. The Morgan fingerprint density at radius 2 is 2.00 bits per heavy atom. The van der Waals surface area contributed by atoms with Gasteiger partial charge in [0.1, 0.15) is 23.5 Å². The number of benzene rings is 1. The van der Waals surface area contributed by atoms with Crippen molar-refractivity contribution in [3.05, 3.63) is 57.0 Å². The van der Waals surface area contributed by atoms with Crippen molar-refractivity contribution in [2.24, 2.45) is 0 Å². The van der Waals surface area contributed by atoms with Gasteiger partial charge in [-0.25, -0.2) is 5.10 Å². The van der Waals surface area contributed by atoms with Gasteiger partial charge < -0.3 is 4.74 Å². The molecule has 0 aliphatic carbocycles. The van der Waals surface area contributed by atoms with Crippen LogP contribution < -0.4 is 10.3 Å². The first-order valence-electron chi connectivity index (χ1n) is 6.43. The molecule has 2 rings (SSSR count). The molecule has 0 aliphatic heterocycles. The van der Waals surface area contributed by atoms with Gasteiger partial charge in [-0.05, 0) is 36.3 Å². The third kappa shape index (κ3) is 3.38. The summed E-state index contributed by atoms with van der Waals surface area (Å²) in [4.78, 5) is 11.4. The summed E-state index contributed by atoms with van der Waals surface area (Å²) in [6, 6.07) is 10.9. The van der Waals surface area contributed by atoms with E-state index >= 15 is 0 Å². The molecule has 0 unspecified atom stereocenters. The van der Waals surface area contributed by atoms with Gasteiger partial charge in [-0.15, -0.1) is 0 Å². The molecule has 6 nitrogen and oxygen atoms in total. The van der Waals surface area contributed by atoms with E-state index in [1.54, 1.807) is 25.1 Å². The number of aromatic amines is 1. The molecule has 0 fully saturated rings. The van der Waals surface area contributed by atoms with Gasteiger partial charge in [0.05, 0.1) is 5.69 Å². The van der Waals surface area contributed by atoms with Gasteiger partial charge in [0.2, 0.25) is 0 Å². The van der Waals surface area contributed by atoms with Crippen molar-refractivity contribution < 1.29 is 4.74 Å². The van der Waals surface area contributed by atoms with Gasteiger partial charge in [0, 0.05) is 0 Å². The van der Waals surface area contributed by atoms with E-state index in [-0.39, 0.29) is 12.2 Å². The lowest BCUT2D eigenvalue weighted by Gasteiger charge is -2.02. The zero-order valence-corrected chi connectivity index (χ0v) is 11.8. The summed E-state index contributed by atoms with van der Waals surface area (Å²) in [6.07, 6.45) is 3.53. The van der Waals surface area contributed by atoms with E-state index < -0.39 is 5.56 Å². The first-order chi connectivity index (χ1) is 10.7. The molecule has 22 heavy (non-hydrogen) atoms. The minimum absolute atomic E-state index is 0.00656. The Bertz CT molecular complexity index is 836. The summed E-state index contributed by atoms with van der Waals surface area (Å²) < 4.78 is 5.16. The lowest BCUT2D eigenvalue weighted by molar-refractivity contribution is 0.368. The SMILES string of the molecule is Cc1c(/C=C/c2ccc(OCC#N)cc2)n[nH]c(=O)c1C#N. The van der Waals surface area contributed by atoms with Crippen LogP contribution >= 0.6 is 0 Å². The number of nitrogens with zero attached hydrogens (tertiary/aromatic N) is 3. The highest BCUT2D eigenvalue weighted by Crippen LogP contribution is 2.15. The standard InChI is InChI=1S/C16H12N4O2/c1-11-14(10-18)16(21)20-19-15(11)7-4-12-2-5-13(6-3-12)22-9-8-17/h2-7H,9H2,1H3,(H,20,21)/b7-4+. The summed E-state index contributed by atoms with van der Waals surface area (Å²) in [6.45, 7) is 1.69. The van der Waals surface area contributed by atoms with Gasteiger partial charge in [0.25, 0.3) is 5.56 Å². The molecule has 108 valence electrons. The maximum atomic E-state index is 11.4. The lowest BCUT2D eigenvalue weighted by Crippen LogP contribution is -2.15. The van der Waals surface area contributed by atoms with Gasteiger partial charge in [0.15, 0.2) is 6.61 Å². The largest absolute Gasteiger partial charge is 0.479 e. The fourth-order valence-corrected chi connectivity index (χ4v) is 1.81. The molecule has 0 bridgehead atoms. The van der Waals surface area contributed by atoms with Crippen LogP contribution in [-0.4, -0.2) is 16.8 Å². The van der Waals surface area contributed by atoms with Crippen molar-refractivity contribution in [2.75, 3.05) is 6.61 Å². The predicted octanol–water partition coefficient (Wildman–Crippen LogP) is 2.02. The summed E-state index contributed by atoms with van der Waals surface area (Å²) in [7, 11) is 0. The maximum absolute atomic E-state index is 11.4. The predicted molar refractivity (Wildman–Crippen MR) is 80.8 cm³/mol. The van der Waals surface area contributed by atoms with Crippen molar-refractivity contribution in [1.29, 1.82) is 10.5 Å². The van der Waals surface area contributed by atoms with Crippen LogP contribution in [0.15, 0.2) is 29.1 Å². The van der Waals surface area contributed by atoms with E-state index in [4.69, 9.17) is 15.3 Å². The van der Waals surface area contributed by atoms with Gasteiger partial charge in [-0.2, -0.15) is 15.6 Å². The fourth-order valence-electron chi connectivity index (χ4n) is 1.81. The van der Waals surface area contributed by atoms with E-state index in [1.807, 2.05) is 30.3 Å². The molecule has 1 aromatic heterocycles. The summed E-state index contributed by atoms with van der Waals surface area (Å²) in [5.74, 6) is 0.615. The molecule has 0 amide bonds. The summed E-state index contributed by atoms with van der Waals surface area (Å²) in [5.41, 5.74) is 1.54. The molecular weight excluding hydrogens is 280 g/mol. The second-order valence-corrected chi connectivity index (χ2v) is 4.40. The molecule has 1 N–H and O–H groups in total. The van der Waals surface area contributed by atoms with Crippen LogP contribution in [0.2, 0.25) is 0 Å². The van der Waals surface area contributed by atoms with Crippen LogP contribution in [0.5, 0.6) is 5.75 Å². The molecule has 2 aromatic rings. The van der Waals surface area contributed by atoms with E-state index in [0.717, 1.165) is 5.56 Å². The number of ether oxygens (including phenoxy) is 1. The number of nitriles is 2. The van der Waals surface area contributed by atoms with Crippen LogP contribution in [-0.2, 0) is 0 Å². The van der Waals surface area contributed by atoms with Gasteiger partial charge in [-0.1, -0.05) is 18.2 Å². The van der Waals surface area contributed by atoms with Crippen molar-refractivity contribution in [3.8, 4) is 17.9 Å². The molecule has 0 spiro atoms. The second-order valence-electron chi connectivity index (χ2n) is 4.40. The van der Waals surface area contributed by atoms with Gasteiger partial charge in [-0.3, -0.25) is 4.79 Å². The molecular formula is C16H12N4O2. The maximum Gasteiger partial charge on any atom is 0.282 e. The van der Waals surface area contributed by atoms with Crippen molar-refractivity contribution in [1.82, 2.24) is 10.2 Å². The Balaban J connectivity index is 2.21. The first-order valence-corrected chi connectivity index (χ1v) is 6.43. The lowest BCUT2D eigenvalue weighted by atomic mass is 10.1. The average Bonchev–Trinajstić information content (AvgIpc) is 2.54. The molecule has 1 aromatic carbocycles. The van der Waals surface area contributed by atoms with Gasteiger partial charge >= 0.3 is 0 Å². The number of H-pyrrole nitrogens is 1.